The van der Waals surface area contributed by atoms with Crippen LogP contribution in [-0.4, -0.2) is 47.3 Å². The molecule has 0 bridgehead atoms. The molecule has 1 aromatic carbocycles. The van der Waals surface area contributed by atoms with E-state index < -0.39 is 0 Å². The number of aromatic nitrogens is 2. The molecule has 1 atom stereocenters. The van der Waals surface area contributed by atoms with Gasteiger partial charge in [0.1, 0.15) is 5.82 Å². The Morgan fingerprint density at radius 2 is 2.16 bits per heavy atom. The topological polar surface area (TPSA) is 68.5 Å². The molecule has 1 saturated heterocycles. The Bertz CT molecular complexity index is 696. The van der Waals surface area contributed by atoms with Gasteiger partial charge in [-0.25, -0.2) is 4.39 Å². The molecule has 1 aliphatic rings. The van der Waals surface area contributed by atoms with Gasteiger partial charge in [-0.05, 0) is 37.6 Å². The molecule has 0 aliphatic carbocycles. The number of carbonyl (C=O) groups is 1. The van der Waals surface area contributed by atoms with Crippen LogP contribution >= 0.6 is 0 Å². The maximum absolute atomic E-state index is 13.0. The lowest BCUT2D eigenvalue weighted by molar-refractivity contribution is -0.131. The number of ether oxygens (including phenoxy) is 1. The molecule has 0 saturated carbocycles. The van der Waals surface area contributed by atoms with Crippen molar-refractivity contribution in [2.45, 2.75) is 26.2 Å². The number of hydrogen-bond donors (Lipinski definition) is 0. The number of benzene rings is 1. The van der Waals surface area contributed by atoms with Gasteiger partial charge >= 0.3 is 0 Å². The first-order valence-corrected chi connectivity index (χ1v) is 8.59. The van der Waals surface area contributed by atoms with E-state index in [2.05, 4.69) is 10.1 Å². The molecule has 0 unspecified atom stereocenters. The van der Waals surface area contributed by atoms with E-state index in [1.165, 1.54) is 12.1 Å². The molecule has 134 valence electrons. The maximum Gasteiger partial charge on any atom is 0.227 e. The predicted octanol–water partition coefficient (Wildman–Crippen LogP) is 2.69. The molecule has 1 amide bonds. The van der Waals surface area contributed by atoms with Crippen molar-refractivity contribution in [3.8, 4) is 11.4 Å². The van der Waals surface area contributed by atoms with Crippen molar-refractivity contribution in [1.82, 2.24) is 15.0 Å². The summed E-state index contributed by atoms with van der Waals surface area (Å²) in [5.41, 5.74) is 0.680. The minimum absolute atomic E-state index is 0.0796. The smallest absolute Gasteiger partial charge is 0.227 e. The fourth-order valence-corrected chi connectivity index (χ4v) is 2.89. The molecule has 0 spiro atoms. The van der Waals surface area contributed by atoms with Gasteiger partial charge in [-0.1, -0.05) is 5.16 Å². The molecule has 3 rings (SSSR count). The second-order valence-electron chi connectivity index (χ2n) is 6.18. The van der Waals surface area contributed by atoms with Gasteiger partial charge in [-0.2, -0.15) is 4.98 Å². The lowest BCUT2D eigenvalue weighted by atomic mass is 10.1. The lowest BCUT2D eigenvalue weighted by Crippen LogP contribution is -2.35. The van der Waals surface area contributed by atoms with Crippen molar-refractivity contribution in [1.29, 1.82) is 0 Å². The third kappa shape index (κ3) is 4.63. The Labute approximate surface area is 146 Å². The second kappa shape index (κ2) is 8.20. The van der Waals surface area contributed by atoms with Crippen LogP contribution in [-0.2, 0) is 16.0 Å². The monoisotopic (exact) mass is 347 g/mol. The number of amides is 1. The van der Waals surface area contributed by atoms with Crippen molar-refractivity contribution >= 4 is 5.91 Å². The minimum Gasteiger partial charge on any atom is -0.381 e. The van der Waals surface area contributed by atoms with E-state index in [1.54, 1.807) is 12.1 Å². The summed E-state index contributed by atoms with van der Waals surface area (Å²) in [4.78, 5) is 18.5. The first kappa shape index (κ1) is 17.5. The number of aryl methyl sites for hydroxylation is 1. The van der Waals surface area contributed by atoms with Gasteiger partial charge in [0.15, 0.2) is 0 Å². The van der Waals surface area contributed by atoms with Crippen LogP contribution in [0.25, 0.3) is 11.4 Å². The zero-order valence-electron chi connectivity index (χ0n) is 14.3. The summed E-state index contributed by atoms with van der Waals surface area (Å²) >= 11 is 0. The maximum atomic E-state index is 13.0. The zero-order valence-corrected chi connectivity index (χ0v) is 14.3. The summed E-state index contributed by atoms with van der Waals surface area (Å²) in [7, 11) is 0. The minimum atomic E-state index is -0.314. The van der Waals surface area contributed by atoms with Gasteiger partial charge in [0.05, 0.1) is 6.61 Å². The SMILES string of the molecule is CCN(C[C@@H]1CCOC1)C(=O)CCc1nc(-c2ccc(F)cc2)no1. The van der Waals surface area contributed by atoms with E-state index in [4.69, 9.17) is 9.26 Å². The first-order chi connectivity index (χ1) is 12.2. The van der Waals surface area contributed by atoms with Crippen molar-refractivity contribution < 1.29 is 18.4 Å². The summed E-state index contributed by atoms with van der Waals surface area (Å²) < 4.78 is 23.5. The summed E-state index contributed by atoms with van der Waals surface area (Å²) in [5, 5.41) is 3.89. The van der Waals surface area contributed by atoms with Gasteiger partial charge in [0, 0.05) is 44.0 Å². The molecule has 6 nitrogen and oxygen atoms in total. The highest BCUT2D eigenvalue weighted by Crippen LogP contribution is 2.18. The average molecular weight is 347 g/mol. The Morgan fingerprint density at radius 1 is 1.36 bits per heavy atom. The molecule has 7 heteroatoms. The second-order valence-corrected chi connectivity index (χ2v) is 6.18. The molecular formula is C18H22FN3O3. The van der Waals surface area contributed by atoms with Gasteiger partial charge < -0.3 is 14.2 Å². The van der Waals surface area contributed by atoms with Crippen LogP contribution in [0, 0.1) is 11.7 Å². The third-order valence-corrected chi connectivity index (χ3v) is 4.36. The number of halogens is 1. The Kier molecular flexibility index (Phi) is 5.75. The summed E-state index contributed by atoms with van der Waals surface area (Å²) in [6.45, 7) is 4.91. The third-order valence-electron chi connectivity index (χ3n) is 4.36. The molecule has 0 radical (unpaired) electrons. The molecule has 1 aromatic heterocycles. The number of hydrogen-bond acceptors (Lipinski definition) is 5. The van der Waals surface area contributed by atoms with Crippen molar-refractivity contribution in [3.63, 3.8) is 0 Å². The Hall–Kier alpha value is -2.28. The lowest BCUT2D eigenvalue weighted by Gasteiger charge is -2.23. The average Bonchev–Trinajstić information content (AvgIpc) is 3.30. The highest BCUT2D eigenvalue weighted by atomic mass is 19.1. The van der Waals surface area contributed by atoms with E-state index >= 15 is 0 Å². The van der Waals surface area contributed by atoms with Crippen LogP contribution in [0.15, 0.2) is 28.8 Å². The molecule has 2 aromatic rings. The van der Waals surface area contributed by atoms with E-state index in [9.17, 15) is 9.18 Å². The molecular weight excluding hydrogens is 325 g/mol. The van der Waals surface area contributed by atoms with E-state index in [1.807, 2.05) is 11.8 Å². The molecule has 0 N–H and O–H groups in total. The fourth-order valence-electron chi connectivity index (χ4n) is 2.89. The van der Waals surface area contributed by atoms with E-state index in [-0.39, 0.29) is 11.7 Å². The Morgan fingerprint density at radius 3 is 2.84 bits per heavy atom. The fraction of sp³-hybridized carbons (Fsp3) is 0.500. The number of nitrogens with zero attached hydrogens (tertiary/aromatic N) is 3. The molecule has 2 heterocycles. The van der Waals surface area contributed by atoms with Crippen LogP contribution < -0.4 is 0 Å². The summed E-state index contributed by atoms with van der Waals surface area (Å²) in [6.07, 6.45) is 1.73. The molecule has 1 aliphatic heterocycles. The van der Waals surface area contributed by atoms with Crippen LogP contribution in [0.2, 0.25) is 0 Å². The van der Waals surface area contributed by atoms with Gasteiger partial charge in [-0.15, -0.1) is 0 Å². The highest BCUT2D eigenvalue weighted by molar-refractivity contribution is 5.76. The number of rotatable bonds is 7. The quantitative estimate of drug-likeness (QED) is 0.770. The van der Waals surface area contributed by atoms with Crippen LogP contribution in [0.4, 0.5) is 4.39 Å². The van der Waals surface area contributed by atoms with Crippen LogP contribution in [0.3, 0.4) is 0 Å². The van der Waals surface area contributed by atoms with Gasteiger partial charge in [-0.3, -0.25) is 4.79 Å². The normalized spacial score (nSPS) is 17.0. The zero-order chi connectivity index (χ0) is 17.6. The standard InChI is InChI=1S/C18H22FN3O3/c1-2-22(11-13-9-10-24-12-13)17(23)8-7-16-20-18(21-25-16)14-3-5-15(19)6-4-14/h3-6,13H,2,7-12H2,1H3/t13-/m0/s1. The van der Waals surface area contributed by atoms with E-state index in [0.29, 0.717) is 42.6 Å². The summed E-state index contributed by atoms with van der Waals surface area (Å²) in [6, 6.07) is 5.89. The van der Waals surface area contributed by atoms with Gasteiger partial charge in [0.25, 0.3) is 0 Å². The van der Waals surface area contributed by atoms with Crippen LogP contribution in [0.5, 0.6) is 0 Å². The summed E-state index contributed by atoms with van der Waals surface area (Å²) in [5.74, 6) is 1.00. The molecule has 1 fully saturated rings. The largest absolute Gasteiger partial charge is 0.381 e. The molecule has 25 heavy (non-hydrogen) atoms. The predicted molar refractivity (Wildman–Crippen MR) is 89.2 cm³/mol. The van der Waals surface area contributed by atoms with Crippen molar-refractivity contribution in [2.75, 3.05) is 26.3 Å². The van der Waals surface area contributed by atoms with E-state index in [0.717, 1.165) is 26.2 Å². The van der Waals surface area contributed by atoms with Gasteiger partial charge in [0.2, 0.25) is 17.6 Å². The highest BCUT2D eigenvalue weighted by Gasteiger charge is 2.22. The first-order valence-electron chi connectivity index (χ1n) is 8.59. The van der Waals surface area contributed by atoms with Crippen molar-refractivity contribution in [2.24, 2.45) is 5.92 Å². The van der Waals surface area contributed by atoms with Crippen LogP contribution in [0.1, 0.15) is 25.7 Å². The number of carbonyl (C=O) groups excluding carboxylic acids is 1. The van der Waals surface area contributed by atoms with Crippen molar-refractivity contribution in [3.05, 3.63) is 36.0 Å². The Balaban J connectivity index is 1.53.